The first-order chi connectivity index (χ1) is 14.6. The van der Waals surface area contributed by atoms with Crippen molar-refractivity contribution in [3.8, 4) is 11.4 Å². The normalized spacial score (nSPS) is 10.9. The first-order valence-electron chi connectivity index (χ1n) is 9.29. The van der Waals surface area contributed by atoms with Crippen molar-refractivity contribution in [2.45, 2.75) is 18.6 Å². The lowest BCUT2D eigenvalue weighted by molar-refractivity contribution is -0.113. The third kappa shape index (κ3) is 4.93. The van der Waals surface area contributed by atoms with Gasteiger partial charge in [0.05, 0.1) is 18.6 Å². The van der Waals surface area contributed by atoms with Gasteiger partial charge in [0.25, 0.3) is 0 Å². The molecule has 0 bridgehead atoms. The number of nitrogens with zero attached hydrogens (tertiary/aromatic N) is 3. The van der Waals surface area contributed by atoms with E-state index < -0.39 is 0 Å². The highest BCUT2D eigenvalue weighted by molar-refractivity contribution is 7.99. The van der Waals surface area contributed by atoms with Crippen LogP contribution in [0.5, 0.6) is 0 Å². The molecule has 4 rings (SSSR count). The average Bonchev–Trinajstić information content (AvgIpc) is 3.39. The molecule has 0 aliphatic heterocycles. The molecule has 6 nitrogen and oxygen atoms in total. The Balaban J connectivity index is 1.52. The van der Waals surface area contributed by atoms with E-state index in [0.29, 0.717) is 22.4 Å². The van der Waals surface area contributed by atoms with Gasteiger partial charge in [-0.25, -0.2) is 0 Å². The molecule has 4 aromatic rings. The lowest BCUT2D eigenvalue weighted by atomic mass is 10.1. The zero-order chi connectivity index (χ0) is 20.9. The summed E-state index contributed by atoms with van der Waals surface area (Å²) in [6, 6.07) is 18.8. The van der Waals surface area contributed by atoms with E-state index in [0.717, 1.165) is 17.1 Å². The number of amides is 1. The third-order valence-electron chi connectivity index (χ3n) is 4.38. The van der Waals surface area contributed by atoms with E-state index in [1.807, 2.05) is 47.9 Å². The van der Waals surface area contributed by atoms with Gasteiger partial charge in [-0.2, -0.15) is 0 Å². The molecule has 0 spiro atoms. The molecule has 2 aromatic carbocycles. The zero-order valence-corrected chi connectivity index (χ0v) is 17.8. The van der Waals surface area contributed by atoms with Crippen LogP contribution >= 0.6 is 23.4 Å². The smallest absolute Gasteiger partial charge is 0.234 e. The molecule has 1 N–H and O–H groups in total. The van der Waals surface area contributed by atoms with Crippen molar-refractivity contribution in [2.75, 3.05) is 11.1 Å². The van der Waals surface area contributed by atoms with Crippen LogP contribution in [0.4, 0.5) is 5.69 Å². The van der Waals surface area contributed by atoms with Gasteiger partial charge in [0.15, 0.2) is 11.0 Å². The molecule has 152 valence electrons. The Morgan fingerprint density at radius 2 is 1.87 bits per heavy atom. The van der Waals surface area contributed by atoms with Crippen LogP contribution in [-0.4, -0.2) is 26.4 Å². The number of aromatic nitrogens is 3. The molecule has 8 heteroatoms. The Kier molecular flexibility index (Phi) is 6.21. The molecule has 0 aliphatic rings. The van der Waals surface area contributed by atoms with Gasteiger partial charge in [-0.15, -0.1) is 10.2 Å². The van der Waals surface area contributed by atoms with Gasteiger partial charge in [-0.05, 0) is 43.3 Å². The number of hydrogen-bond acceptors (Lipinski definition) is 5. The fourth-order valence-corrected chi connectivity index (χ4v) is 3.74. The topological polar surface area (TPSA) is 73.0 Å². The van der Waals surface area contributed by atoms with Gasteiger partial charge >= 0.3 is 0 Å². The van der Waals surface area contributed by atoms with E-state index >= 15 is 0 Å². The Labute approximate surface area is 183 Å². The molecule has 30 heavy (non-hydrogen) atoms. The summed E-state index contributed by atoms with van der Waals surface area (Å²) >= 11 is 7.21. The van der Waals surface area contributed by atoms with Gasteiger partial charge in [0, 0.05) is 16.3 Å². The van der Waals surface area contributed by atoms with Gasteiger partial charge in [0.1, 0.15) is 5.76 Å². The monoisotopic (exact) mass is 438 g/mol. The largest absolute Gasteiger partial charge is 0.467 e. The number of hydrogen-bond donors (Lipinski definition) is 1. The number of anilines is 1. The summed E-state index contributed by atoms with van der Waals surface area (Å²) in [6.45, 7) is 2.52. The summed E-state index contributed by atoms with van der Waals surface area (Å²) < 4.78 is 7.47. The maximum atomic E-state index is 12.4. The number of rotatable bonds is 7. The number of halogens is 1. The van der Waals surface area contributed by atoms with E-state index in [2.05, 4.69) is 15.5 Å². The second-order valence-electron chi connectivity index (χ2n) is 6.68. The van der Waals surface area contributed by atoms with Gasteiger partial charge in [0.2, 0.25) is 5.91 Å². The Bertz CT molecular complexity index is 1120. The van der Waals surface area contributed by atoms with Crippen LogP contribution in [0.2, 0.25) is 5.02 Å². The third-order valence-corrected chi connectivity index (χ3v) is 5.60. The SMILES string of the molecule is Cc1ccc(-c2nnc(SCC(=O)Nc3ccc(Cl)cc3)n2Cc2ccco2)cc1. The van der Waals surface area contributed by atoms with E-state index in [4.69, 9.17) is 16.0 Å². The number of benzene rings is 2. The average molecular weight is 439 g/mol. The van der Waals surface area contributed by atoms with Crippen molar-refractivity contribution >= 4 is 35.0 Å². The van der Waals surface area contributed by atoms with Crippen LogP contribution in [0.25, 0.3) is 11.4 Å². The molecule has 0 atom stereocenters. The lowest BCUT2D eigenvalue weighted by Crippen LogP contribution is -2.14. The second kappa shape index (κ2) is 9.19. The van der Waals surface area contributed by atoms with Crippen molar-refractivity contribution in [1.29, 1.82) is 0 Å². The second-order valence-corrected chi connectivity index (χ2v) is 8.06. The van der Waals surface area contributed by atoms with Crippen molar-refractivity contribution in [2.24, 2.45) is 0 Å². The van der Waals surface area contributed by atoms with Crippen molar-refractivity contribution in [3.05, 3.63) is 83.3 Å². The summed E-state index contributed by atoms with van der Waals surface area (Å²) in [5.41, 5.74) is 2.82. The van der Waals surface area contributed by atoms with Gasteiger partial charge in [-0.3, -0.25) is 9.36 Å². The van der Waals surface area contributed by atoms with E-state index in [1.165, 1.54) is 17.3 Å². The highest BCUT2D eigenvalue weighted by Crippen LogP contribution is 2.26. The fourth-order valence-electron chi connectivity index (χ4n) is 2.87. The van der Waals surface area contributed by atoms with Gasteiger partial charge in [-0.1, -0.05) is 53.2 Å². The molecule has 0 saturated heterocycles. The minimum absolute atomic E-state index is 0.133. The van der Waals surface area contributed by atoms with Crippen LogP contribution in [0, 0.1) is 6.92 Å². The molecule has 1 amide bonds. The molecule has 0 unspecified atom stereocenters. The highest BCUT2D eigenvalue weighted by Gasteiger charge is 2.17. The van der Waals surface area contributed by atoms with Crippen LogP contribution in [-0.2, 0) is 11.3 Å². The number of carbonyl (C=O) groups excluding carboxylic acids is 1. The maximum absolute atomic E-state index is 12.4. The molecule has 0 aliphatic carbocycles. The summed E-state index contributed by atoms with van der Waals surface area (Å²) in [5, 5.41) is 12.8. The van der Waals surface area contributed by atoms with Gasteiger partial charge < -0.3 is 9.73 Å². The lowest BCUT2D eigenvalue weighted by Gasteiger charge is -2.09. The molecular weight excluding hydrogens is 420 g/mol. The first kappa shape index (κ1) is 20.3. The van der Waals surface area contributed by atoms with E-state index in [9.17, 15) is 4.79 Å². The van der Waals surface area contributed by atoms with Crippen LogP contribution < -0.4 is 5.32 Å². The number of aryl methyl sites for hydroxylation is 1. The first-order valence-corrected chi connectivity index (χ1v) is 10.7. The number of nitrogens with one attached hydrogen (secondary N) is 1. The highest BCUT2D eigenvalue weighted by atomic mass is 35.5. The summed E-state index contributed by atoms with van der Waals surface area (Å²) in [4.78, 5) is 12.4. The minimum Gasteiger partial charge on any atom is -0.467 e. The van der Waals surface area contributed by atoms with Crippen LogP contribution in [0.15, 0.2) is 76.5 Å². The summed E-state index contributed by atoms with van der Waals surface area (Å²) in [5.74, 6) is 1.58. The summed E-state index contributed by atoms with van der Waals surface area (Å²) in [7, 11) is 0. The quantitative estimate of drug-likeness (QED) is 0.397. The molecule has 0 saturated carbocycles. The van der Waals surface area contributed by atoms with Crippen LogP contribution in [0.3, 0.4) is 0 Å². The van der Waals surface area contributed by atoms with E-state index in [1.54, 1.807) is 30.5 Å². The van der Waals surface area contributed by atoms with E-state index in [-0.39, 0.29) is 11.7 Å². The number of carbonyl (C=O) groups is 1. The zero-order valence-electron chi connectivity index (χ0n) is 16.2. The standard InChI is InChI=1S/C22H19ClN4O2S/c1-15-4-6-16(7-5-15)21-25-26-22(27(21)13-19-3-2-12-29-19)30-14-20(28)24-18-10-8-17(23)9-11-18/h2-12H,13-14H2,1H3,(H,24,28). The van der Waals surface area contributed by atoms with Crippen molar-refractivity contribution in [3.63, 3.8) is 0 Å². The van der Waals surface area contributed by atoms with Crippen molar-refractivity contribution < 1.29 is 9.21 Å². The Hall–Kier alpha value is -3.03. The molecule has 2 heterocycles. The molecule has 0 radical (unpaired) electrons. The predicted molar refractivity (Wildman–Crippen MR) is 119 cm³/mol. The van der Waals surface area contributed by atoms with Crippen LogP contribution in [0.1, 0.15) is 11.3 Å². The molecule has 2 aromatic heterocycles. The number of thioether (sulfide) groups is 1. The Morgan fingerprint density at radius 3 is 2.57 bits per heavy atom. The number of furan rings is 1. The molecular formula is C22H19ClN4O2S. The molecule has 0 fully saturated rings. The fraction of sp³-hybridized carbons (Fsp3) is 0.136. The maximum Gasteiger partial charge on any atom is 0.234 e. The van der Waals surface area contributed by atoms with Crippen molar-refractivity contribution in [1.82, 2.24) is 14.8 Å². The minimum atomic E-state index is -0.133. The predicted octanol–water partition coefficient (Wildman–Crippen LogP) is 5.28. The summed E-state index contributed by atoms with van der Waals surface area (Å²) in [6.07, 6.45) is 1.64. The Morgan fingerprint density at radius 1 is 1.10 bits per heavy atom.